The second-order valence-corrected chi connectivity index (χ2v) is 10.0. The van der Waals surface area contributed by atoms with Gasteiger partial charge in [-0.05, 0) is 59.4 Å². The normalized spacial score (nSPS) is 24.1. The van der Waals surface area contributed by atoms with Crippen molar-refractivity contribution in [3.63, 3.8) is 0 Å². The minimum Gasteiger partial charge on any atom is -0.459 e. The first kappa shape index (κ1) is 26.1. The van der Waals surface area contributed by atoms with Crippen LogP contribution in [0.4, 0.5) is 13.2 Å². The van der Waals surface area contributed by atoms with Crippen molar-refractivity contribution < 1.29 is 27.5 Å². The van der Waals surface area contributed by atoms with Crippen LogP contribution in [0.1, 0.15) is 41.3 Å². The van der Waals surface area contributed by atoms with Gasteiger partial charge in [0.1, 0.15) is 18.5 Å². The van der Waals surface area contributed by atoms with Gasteiger partial charge in [0.2, 0.25) is 5.91 Å². The van der Waals surface area contributed by atoms with Gasteiger partial charge < -0.3 is 9.64 Å². The van der Waals surface area contributed by atoms with Crippen molar-refractivity contribution in [3.05, 3.63) is 59.4 Å². The van der Waals surface area contributed by atoms with Crippen LogP contribution >= 0.6 is 0 Å². The molecule has 2 aromatic rings. The van der Waals surface area contributed by atoms with E-state index in [4.69, 9.17) is 4.74 Å². The van der Waals surface area contributed by atoms with Crippen LogP contribution in [0.2, 0.25) is 0 Å². The van der Waals surface area contributed by atoms with Crippen molar-refractivity contribution in [2.24, 2.45) is 5.92 Å². The fourth-order valence-corrected chi connectivity index (χ4v) is 5.27. The summed E-state index contributed by atoms with van der Waals surface area (Å²) in [5.74, 6) is -1.01. The number of carbonyl (C=O) groups excluding carboxylic acids is 2. The van der Waals surface area contributed by atoms with Crippen LogP contribution in [0.5, 0.6) is 0 Å². The van der Waals surface area contributed by atoms with Crippen molar-refractivity contribution in [1.82, 2.24) is 30.0 Å². The van der Waals surface area contributed by atoms with E-state index in [0.717, 1.165) is 21.7 Å². The third kappa shape index (κ3) is 5.79. The number of esters is 1. The number of ether oxygens (including phenoxy) is 1. The standard InChI is InChI=1S/C26H29F3N6O3/c1-17-12-20-13-19(4-7-22(20)25(37)38-17)8-9-33-10-11-34(23(15-33)26(27,28)29)24(36)14-18-2-5-21(6-3-18)35-16-30-31-32-35/h2,4-7,13,16-18,23H,3,8-12,14-15H2,1H3. The summed E-state index contributed by atoms with van der Waals surface area (Å²) >= 11 is 0. The lowest BCUT2D eigenvalue weighted by Gasteiger charge is -2.42. The topological polar surface area (TPSA) is 93.5 Å². The zero-order valence-corrected chi connectivity index (χ0v) is 21.0. The number of aromatic nitrogens is 4. The summed E-state index contributed by atoms with van der Waals surface area (Å²) in [5, 5.41) is 11.0. The summed E-state index contributed by atoms with van der Waals surface area (Å²) in [7, 11) is 0. The third-order valence-corrected chi connectivity index (χ3v) is 7.30. The Morgan fingerprint density at radius 3 is 2.79 bits per heavy atom. The van der Waals surface area contributed by atoms with Crippen LogP contribution in [0.25, 0.3) is 5.70 Å². The smallest absolute Gasteiger partial charge is 0.410 e. The average Bonchev–Trinajstić information content (AvgIpc) is 3.42. The maximum absolute atomic E-state index is 14.0. The summed E-state index contributed by atoms with van der Waals surface area (Å²) in [6, 6.07) is 3.66. The van der Waals surface area contributed by atoms with E-state index in [9.17, 15) is 22.8 Å². The van der Waals surface area contributed by atoms with Crippen molar-refractivity contribution in [2.45, 2.75) is 50.9 Å². The molecule has 5 rings (SSSR count). The Morgan fingerprint density at radius 1 is 1.24 bits per heavy atom. The molecule has 0 saturated carbocycles. The minimum absolute atomic E-state index is 0.0124. The van der Waals surface area contributed by atoms with E-state index in [2.05, 4.69) is 15.5 Å². The molecule has 1 aromatic heterocycles. The molecule has 9 nitrogen and oxygen atoms in total. The van der Waals surface area contributed by atoms with Crippen LogP contribution in [0, 0.1) is 5.92 Å². The molecule has 2 aliphatic heterocycles. The highest BCUT2D eigenvalue weighted by atomic mass is 19.4. The highest BCUT2D eigenvalue weighted by Gasteiger charge is 2.48. The van der Waals surface area contributed by atoms with Gasteiger partial charge in [0.25, 0.3) is 0 Å². The van der Waals surface area contributed by atoms with Gasteiger partial charge in [0, 0.05) is 39.0 Å². The molecule has 3 unspecified atom stereocenters. The number of carbonyl (C=O) groups is 2. The number of hydrogen-bond acceptors (Lipinski definition) is 7. The second kappa shape index (κ2) is 10.7. The number of halogens is 3. The van der Waals surface area contributed by atoms with Gasteiger partial charge in [-0.3, -0.25) is 9.69 Å². The van der Waals surface area contributed by atoms with Gasteiger partial charge in [-0.2, -0.15) is 13.2 Å². The van der Waals surface area contributed by atoms with Crippen LogP contribution < -0.4 is 0 Å². The molecule has 202 valence electrons. The molecule has 0 N–H and O–H groups in total. The lowest BCUT2D eigenvalue weighted by molar-refractivity contribution is -0.201. The summed E-state index contributed by atoms with van der Waals surface area (Å²) < 4.78 is 48.8. The number of fused-ring (bicyclic) bond motifs is 1. The Labute approximate surface area is 217 Å². The fraction of sp³-hybridized carbons (Fsp3) is 0.500. The molecule has 3 aliphatic rings. The van der Waals surface area contributed by atoms with Crippen LogP contribution in [-0.2, 0) is 22.4 Å². The van der Waals surface area contributed by atoms with Crippen molar-refractivity contribution >= 4 is 17.6 Å². The Hall–Kier alpha value is -3.54. The first-order chi connectivity index (χ1) is 18.2. The summed E-state index contributed by atoms with van der Waals surface area (Å²) in [5.41, 5.74) is 3.18. The first-order valence-electron chi connectivity index (χ1n) is 12.7. The van der Waals surface area contributed by atoms with E-state index in [1.807, 2.05) is 31.2 Å². The maximum atomic E-state index is 14.0. The van der Waals surface area contributed by atoms with Crippen LogP contribution in [0.3, 0.4) is 0 Å². The molecule has 0 radical (unpaired) electrons. The predicted molar refractivity (Wildman–Crippen MR) is 131 cm³/mol. The van der Waals surface area contributed by atoms with Gasteiger partial charge in [-0.1, -0.05) is 24.3 Å². The number of piperazine rings is 1. The number of amides is 1. The molecule has 1 aliphatic carbocycles. The van der Waals surface area contributed by atoms with E-state index in [0.29, 0.717) is 37.9 Å². The number of allylic oxidation sites excluding steroid dienone is 4. The van der Waals surface area contributed by atoms with Gasteiger partial charge in [0.15, 0.2) is 0 Å². The second-order valence-electron chi connectivity index (χ2n) is 10.0. The maximum Gasteiger partial charge on any atom is 0.410 e. The average molecular weight is 531 g/mol. The number of benzene rings is 1. The fourth-order valence-electron chi connectivity index (χ4n) is 5.27. The van der Waals surface area contributed by atoms with E-state index in [1.165, 1.54) is 11.0 Å². The van der Waals surface area contributed by atoms with Crippen molar-refractivity contribution in [1.29, 1.82) is 0 Å². The van der Waals surface area contributed by atoms with E-state index in [-0.39, 0.29) is 37.5 Å². The van der Waals surface area contributed by atoms with Gasteiger partial charge in [0.05, 0.1) is 11.3 Å². The zero-order valence-electron chi connectivity index (χ0n) is 21.0. The molecular weight excluding hydrogens is 501 g/mol. The zero-order chi connectivity index (χ0) is 26.9. The molecule has 38 heavy (non-hydrogen) atoms. The molecule has 12 heteroatoms. The molecule has 3 atom stereocenters. The number of hydrogen-bond donors (Lipinski definition) is 0. The summed E-state index contributed by atoms with van der Waals surface area (Å²) in [4.78, 5) is 27.8. The van der Waals surface area contributed by atoms with Gasteiger partial charge >= 0.3 is 12.1 Å². The highest BCUT2D eigenvalue weighted by molar-refractivity contribution is 5.92. The summed E-state index contributed by atoms with van der Waals surface area (Å²) in [6.45, 7) is 2.41. The quantitative estimate of drug-likeness (QED) is 0.531. The van der Waals surface area contributed by atoms with Crippen LogP contribution in [-0.4, -0.2) is 86.4 Å². The van der Waals surface area contributed by atoms with E-state index in [1.54, 1.807) is 17.0 Å². The number of alkyl halides is 3. The number of rotatable bonds is 6. The van der Waals surface area contributed by atoms with Crippen LogP contribution in [0.15, 0.2) is 42.8 Å². The SMILES string of the molecule is CC1Cc2cc(CCN3CCN(C(=O)CC4C=CC(n5cnnn5)=CC4)C(C(F)(F)F)C3)ccc2C(=O)O1. The Bertz CT molecular complexity index is 1240. The minimum atomic E-state index is -4.52. The number of tetrazole rings is 1. The Morgan fingerprint density at radius 2 is 2.08 bits per heavy atom. The molecule has 1 amide bonds. The lowest BCUT2D eigenvalue weighted by atomic mass is 9.94. The monoisotopic (exact) mass is 530 g/mol. The number of cyclic esters (lactones) is 1. The molecule has 3 heterocycles. The highest BCUT2D eigenvalue weighted by Crippen LogP contribution is 2.30. The largest absolute Gasteiger partial charge is 0.459 e. The van der Waals surface area contributed by atoms with E-state index >= 15 is 0 Å². The molecule has 1 aromatic carbocycles. The predicted octanol–water partition coefficient (Wildman–Crippen LogP) is 2.90. The molecular formula is C26H29F3N6O3. The molecule has 1 fully saturated rings. The number of nitrogens with zero attached hydrogens (tertiary/aromatic N) is 6. The van der Waals surface area contributed by atoms with Gasteiger partial charge in [-0.15, -0.1) is 5.10 Å². The first-order valence-corrected chi connectivity index (χ1v) is 12.7. The third-order valence-electron chi connectivity index (χ3n) is 7.30. The molecule has 1 saturated heterocycles. The molecule has 0 spiro atoms. The molecule has 0 bridgehead atoms. The Kier molecular flexibility index (Phi) is 7.33. The summed E-state index contributed by atoms with van der Waals surface area (Å²) in [6.07, 6.45) is 3.92. The van der Waals surface area contributed by atoms with Gasteiger partial charge in [-0.25, -0.2) is 9.48 Å². The lowest BCUT2D eigenvalue weighted by Crippen LogP contribution is -2.61. The van der Waals surface area contributed by atoms with Crippen molar-refractivity contribution in [2.75, 3.05) is 26.2 Å². The van der Waals surface area contributed by atoms with E-state index < -0.39 is 18.1 Å². The van der Waals surface area contributed by atoms with Crippen molar-refractivity contribution in [3.8, 4) is 0 Å². The Balaban J connectivity index is 1.17.